The van der Waals surface area contributed by atoms with E-state index in [9.17, 15) is 29.7 Å². The molecule has 1 saturated heterocycles. The van der Waals surface area contributed by atoms with Gasteiger partial charge in [0.15, 0.2) is 0 Å². The van der Waals surface area contributed by atoms with E-state index in [0.29, 0.717) is 62.0 Å². The van der Waals surface area contributed by atoms with Crippen LogP contribution in [0.5, 0.6) is 0 Å². The number of carbonyl (C=O) groups is 3. The van der Waals surface area contributed by atoms with Crippen LogP contribution in [-0.2, 0) is 21.0 Å². The lowest BCUT2D eigenvalue weighted by molar-refractivity contribution is -0.141. The standard InChI is InChI=1S/C33H42N2O8/c1-2-8-22-18-25-31(33(42)35(32(25)41)16-7-3-4-10-29(39)40)26(20-37)30(22)28(38)14-11-21(27-9-5-6-15-34-27)17-23-12-13-24(19-36)43-23/h5-6,9,12-13,15,17,25-26,28,31,36-38H,2-4,7-8,10-11,14,16,18-20H2,1H3,(H,39,40)/b21-17-/t25-,26+,28-,31-/m1/s1. The number of hydrogen-bond acceptors (Lipinski definition) is 8. The number of rotatable bonds is 16. The fraction of sp³-hybridized carbons (Fsp3) is 0.515. The zero-order valence-corrected chi connectivity index (χ0v) is 24.7. The Balaban J connectivity index is 1.54. The lowest BCUT2D eigenvalue weighted by atomic mass is 9.67. The van der Waals surface area contributed by atoms with Crippen LogP contribution in [0.4, 0.5) is 0 Å². The molecule has 1 aliphatic carbocycles. The Morgan fingerprint density at radius 2 is 1.93 bits per heavy atom. The van der Waals surface area contributed by atoms with Crippen molar-refractivity contribution in [3.63, 3.8) is 0 Å². The monoisotopic (exact) mass is 594 g/mol. The number of amides is 2. The molecule has 4 N–H and O–H groups in total. The third-order valence-electron chi connectivity index (χ3n) is 8.49. The number of pyridine rings is 1. The van der Waals surface area contributed by atoms with Gasteiger partial charge in [-0.25, -0.2) is 0 Å². The zero-order valence-electron chi connectivity index (χ0n) is 24.7. The van der Waals surface area contributed by atoms with Crippen LogP contribution in [0.15, 0.2) is 52.1 Å². The number of likely N-dealkylation sites (tertiary alicyclic amines) is 1. The summed E-state index contributed by atoms with van der Waals surface area (Å²) < 4.78 is 5.66. The van der Waals surface area contributed by atoms with Gasteiger partial charge in [-0.3, -0.25) is 24.3 Å². The fourth-order valence-electron chi connectivity index (χ4n) is 6.51. The number of fused-ring (bicyclic) bond motifs is 1. The summed E-state index contributed by atoms with van der Waals surface area (Å²) in [6, 6.07) is 9.02. The van der Waals surface area contributed by atoms with Crippen LogP contribution < -0.4 is 0 Å². The SMILES string of the molecule is CCCC1=C([C@H](O)CC/C(=C/c2ccc(CO)o2)c2ccccn2)[C@H](CO)[C@@H]2C(=O)N(CCCCCC(=O)O)C(=O)[C@@H]2C1. The molecule has 2 aliphatic rings. The first-order valence-electron chi connectivity index (χ1n) is 15.2. The number of carbonyl (C=O) groups excluding carboxylic acids is 2. The smallest absolute Gasteiger partial charge is 0.303 e. The number of aliphatic hydroxyl groups excluding tert-OH is 3. The minimum Gasteiger partial charge on any atom is -0.481 e. The second kappa shape index (κ2) is 15.2. The number of aliphatic carboxylic acids is 1. The Morgan fingerprint density at radius 3 is 2.58 bits per heavy atom. The highest BCUT2D eigenvalue weighted by Crippen LogP contribution is 2.47. The van der Waals surface area contributed by atoms with E-state index in [0.717, 1.165) is 23.3 Å². The summed E-state index contributed by atoms with van der Waals surface area (Å²) >= 11 is 0. The number of nitrogens with zero attached hydrogens (tertiary/aromatic N) is 2. The van der Waals surface area contributed by atoms with Gasteiger partial charge >= 0.3 is 5.97 Å². The molecule has 0 saturated carbocycles. The van der Waals surface area contributed by atoms with Crippen molar-refractivity contribution in [1.82, 2.24) is 9.88 Å². The second-order valence-electron chi connectivity index (χ2n) is 11.4. The first-order valence-corrected chi connectivity index (χ1v) is 15.2. The lowest BCUT2D eigenvalue weighted by Crippen LogP contribution is -2.39. The molecule has 0 spiro atoms. The van der Waals surface area contributed by atoms with Crippen LogP contribution in [0.3, 0.4) is 0 Å². The van der Waals surface area contributed by atoms with Gasteiger partial charge < -0.3 is 24.8 Å². The summed E-state index contributed by atoms with van der Waals surface area (Å²) in [6.45, 7) is 1.68. The Hall–Kier alpha value is -3.60. The minimum atomic E-state index is -0.940. The molecule has 10 nitrogen and oxygen atoms in total. The van der Waals surface area contributed by atoms with Crippen molar-refractivity contribution >= 4 is 29.4 Å². The highest BCUT2D eigenvalue weighted by molar-refractivity contribution is 6.05. The molecule has 2 aromatic rings. The summed E-state index contributed by atoms with van der Waals surface area (Å²) in [6.07, 6.45) is 6.79. The molecule has 4 rings (SSSR count). The van der Waals surface area contributed by atoms with Gasteiger partial charge in [-0.05, 0) is 80.0 Å². The average Bonchev–Trinajstić information content (AvgIpc) is 3.56. The Morgan fingerprint density at radius 1 is 1.12 bits per heavy atom. The van der Waals surface area contributed by atoms with E-state index >= 15 is 0 Å². The average molecular weight is 595 g/mol. The van der Waals surface area contributed by atoms with Crippen LogP contribution in [-0.4, -0.2) is 67.3 Å². The van der Waals surface area contributed by atoms with E-state index < -0.39 is 29.8 Å². The molecule has 4 atom stereocenters. The van der Waals surface area contributed by atoms with Gasteiger partial charge in [-0.2, -0.15) is 0 Å². The first kappa shape index (κ1) is 32.3. The molecule has 10 heteroatoms. The lowest BCUT2D eigenvalue weighted by Gasteiger charge is -2.36. The summed E-state index contributed by atoms with van der Waals surface area (Å²) in [5.74, 6) is -2.40. The Labute approximate surface area is 251 Å². The molecule has 0 radical (unpaired) electrons. The molecular weight excluding hydrogens is 552 g/mol. The van der Waals surface area contributed by atoms with Gasteiger partial charge in [-0.1, -0.05) is 31.4 Å². The second-order valence-corrected chi connectivity index (χ2v) is 11.4. The van der Waals surface area contributed by atoms with Crippen molar-refractivity contribution in [2.24, 2.45) is 17.8 Å². The maximum atomic E-state index is 13.6. The van der Waals surface area contributed by atoms with Gasteiger partial charge in [0.05, 0.1) is 30.2 Å². The van der Waals surface area contributed by atoms with Crippen molar-refractivity contribution in [1.29, 1.82) is 0 Å². The van der Waals surface area contributed by atoms with Crippen LogP contribution in [0.1, 0.15) is 81.9 Å². The van der Waals surface area contributed by atoms with Crippen molar-refractivity contribution < 1.29 is 39.2 Å². The predicted octanol–water partition coefficient (Wildman–Crippen LogP) is 4.20. The summed E-state index contributed by atoms with van der Waals surface area (Å²) in [7, 11) is 0. The number of carboxylic acids is 1. The van der Waals surface area contributed by atoms with E-state index in [4.69, 9.17) is 9.52 Å². The number of carboxylic acid groups (broad SMARTS) is 1. The van der Waals surface area contributed by atoms with E-state index in [1.165, 1.54) is 4.90 Å². The molecular formula is C33H42N2O8. The highest BCUT2D eigenvalue weighted by atomic mass is 16.4. The topological polar surface area (TPSA) is 161 Å². The minimum absolute atomic E-state index is 0.0493. The van der Waals surface area contributed by atoms with Gasteiger partial charge in [0.2, 0.25) is 11.8 Å². The maximum Gasteiger partial charge on any atom is 0.303 e. The van der Waals surface area contributed by atoms with Crippen molar-refractivity contribution in [3.8, 4) is 0 Å². The van der Waals surface area contributed by atoms with E-state index in [2.05, 4.69) is 4.98 Å². The number of furan rings is 1. The molecule has 43 heavy (non-hydrogen) atoms. The zero-order chi connectivity index (χ0) is 30.9. The molecule has 1 fully saturated rings. The molecule has 232 valence electrons. The molecule has 0 aromatic carbocycles. The number of imide groups is 1. The third kappa shape index (κ3) is 7.68. The maximum absolute atomic E-state index is 13.6. The first-order chi connectivity index (χ1) is 20.8. The fourth-order valence-corrected chi connectivity index (χ4v) is 6.51. The number of unbranched alkanes of at least 4 members (excludes halogenated alkanes) is 2. The number of aromatic nitrogens is 1. The van der Waals surface area contributed by atoms with Crippen LogP contribution in [0.25, 0.3) is 11.6 Å². The third-order valence-corrected chi connectivity index (χ3v) is 8.49. The Bertz CT molecular complexity index is 1330. The molecule has 0 unspecified atom stereocenters. The summed E-state index contributed by atoms with van der Waals surface area (Å²) in [4.78, 5) is 43.5. The van der Waals surface area contributed by atoms with Crippen molar-refractivity contribution in [2.45, 2.75) is 77.4 Å². The highest BCUT2D eigenvalue weighted by Gasteiger charge is 2.54. The van der Waals surface area contributed by atoms with Crippen molar-refractivity contribution in [3.05, 3.63) is 64.9 Å². The van der Waals surface area contributed by atoms with Crippen LogP contribution in [0, 0.1) is 17.8 Å². The number of hydrogen-bond donors (Lipinski definition) is 4. The molecule has 2 amide bonds. The van der Waals surface area contributed by atoms with E-state index in [1.807, 2.05) is 31.2 Å². The largest absolute Gasteiger partial charge is 0.481 e. The van der Waals surface area contributed by atoms with E-state index in [1.54, 1.807) is 18.3 Å². The summed E-state index contributed by atoms with van der Waals surface area (Å²) in [5.41, 5.74) is 3.14. The molecule has 3 heterocycles. The number of allylic oxidation sites excluding steroid dienone is 2. The van der Waals surface area contributed by atoms with Gasteiger partial charge in [-0.15, -0.1) is 0 Å². The van der Waals surface area contributed by atoms with Gasteiger partial charge in [0.25, 0.3) is 0 Å². The van der Waals surface area contributed by atoms with E-state index in [-0.39, 0.29) is 38.0 Å². The quantitative estimate of drug-likeness (QED) is 0.127. The molecule has 0 bridgehead atoms. The van der Waals surface area contributed by atoms with Crippen LogP contribution in [0.2, 0.25) is 0 Å². The Kier molecular flexibility index (Phi) is 11.4. The normalized spacial score (nSPS) is 21.4. The predicted molar refractivity (Wildman–Crippen MR) is 159 cm³/mol. The van der Waals surface area contributed by atoms with Gasteiger partial charge in [0, 0.05) is 25.1 Å². The number of aliphatic hydroxyl groups is 3. The summed E-state index contributed by atoms with van der Waals surface area (Å²) in [5, 5.41) is 40.4. The van der Waals surface area contributed by atoms with Crippen molar-refractivity contribution in [2.75, 3.05) is 13.2 Å². The molecule has 2 aromatic heterocycles. The van der Waals surface area contributed by atoms with Crippen LogP contribution >= 0.6 is 0 Å². The van der Waals surface area contributed by atoms with Gasteiger partial charge in [0.1, 0.15) is 18.1 Å². The molecule has 1 aliphatic heterocycles.